The normalized spacial score (nSPS) is 16.9. The van der Waals surface area contributed by atoms with E-state index in [2.05, 4.69) is 51.8 Å². The molecule has 1 nitrogen and oxygen atoms in total. The van der Waals surface area contributed by atoms with E-state index in [-0.39, 0.29) is 0 Å². The van der Waals surface area contributed by atoms with Crippen molar-refractivity contribution in [3.8, 4) is 0 Å². The minimum absolute atomic E-state index is 1.24. The van der Waals surface area contributed by atoms with Gasteiger partial charge in [0.05, 0.1) is 0 Å². The van der Waals surface area contributed by atoms with Crippen LogP contribution in [0.3, 0.4) is 0 Å². The van der Waals surface area contributed by atoms with Crippen LogP contribution in [0, 0.1) is 3.57 Å². The van der Waals surface area contributed by atoms with Crippen molar-refractivity contribution in [3.05, 3.63) is 27.8 Å². The summed E-state index contributed by atoms with van der Waals surface area (Å²) in [4.78, 5) is 2.46. The molecule has 1 aromatic rings. The molecule has 0 bridgehead atoms. The Labute approximate surface area is 86.9 Å². The second-order valence-electron chi connectivity index (χ2n) is 3.17. The van der Waals surface area contributed by atoms with Gasteiger partial charge < -0.3 is 4.90 Å². The number of halogens is 1. The van der Waals surface area contributed by atoms with E-state index in [0.29, 0.717) is 0 Å². The van der Waals surface area contributed by atoms with Crippen LogP contribution >= 0.6 is 22.6 Å². The lowest BCUT2D eigenvalue weighted by Gasteiger charge is -2.17. The van der Waals surface area contributed by atoms with Gasteiger partial charge in [-0.25, -0.2) is 0 Å². The van der Waals surface area contributed by atoms with Gasteiger partial charge >= 0.3 is 0 Å². The minimum Gasteiger partial charge on any atom is -0.372 e. The van der Waals surface area contributed by atoms with E-state index in [1.165, 1.54) is 35.2 Å². The lowest BCUT2D eigenvalue weighted by atomic mass is 10.3. The average molecular weight is 273 g/mol. The molecule has 64 valence electrons. The standard InChI is InChI=1S/C10H12IN/c11-9-4-3-5-10(8-9)12-6-1-2-7-12/h3-5,8H,1-2,6-7H2. The molecule has 12 heavy (non-hydrogen) atoms. The third-order valence-corrected chi connectivity index (χ3v) is 2.95. The van der Waals surface area contributed by atoms with Crippen LogP contribution in [0.4, 0.5) is 5.69 Å². The monoisotopic (exact) mass is 273 g/mol. The van der Waals surface area contributed by atoms with Crippen molar-refractivity contribution in [2.45, 2.75) is 12.8 Å². The highest BCUT2D eigenvalue weighted by Crippen LogP contribution is 2.21. The minimum atomic E-state index is 1.24. The smallest absolute Gasteiger partial charge is 0.0376 e. The number of rotatable bonds is 1. The third kappa shape index (κ3) is 1.73. The van der Waals surface area contributed by atoms with Crippen molar-refractivity contribution in [3.63, 3.8) is 0 Å². The molecule has 0 atom stereocenters. The first kappa shape index (κ1) is 8.35. The molecule has 1 aromatic carbocycles. The Balaban J connectivity index is 2.21. The number of hydrogen-bond donors (Lipinski definition) is 0. The molecule has 0 spiro atoms. The van der Waals surface area contributed by atoms with Crippen LogP contribution in [0.15, 0.2) is 24.3 Å². The summed E-state index contributed by atoms with van der Waals surface area (Å²) in [6.45, 7) is 2.47. The lowest BCUT2D eigenvalue weighted by molar-refractivity contribution is 0.949. The highest BCUT2D eigenvalue weighted by Gasteiger charge is 2.11. The molecule has 0 radical (unpaired) electrons. The maximum atomic E-state index is 2.46. The number of benzene rings is 1. The quantitative estimate of drug-likeness (QED) is 0.711. The second-order valence-corrected chi connectivity index (χ2v) is 4.42. The first-order valence-corrected chi connectivity index (χ1v) is 5.45. The summed E-state index contributed by atoms with van der Waals surface area (Å²) in [6.07, 6.45) is 2.71. The van der Waals surface area contributed by atoms with Crippen molar-refractivity contribution >= 4 is 28.3 Å². The summed E-state index contributed by atoms with van der Waals surface area (Å²) in [5.74, 6) is 0. The number of anilines is 1. The Morgan fingerprint density at radius 2 is 1.92 bits per heavy atom. The zero-order valence-electron chi connectivity index (χ0n) is 6.96. The van der Waals surface area contributed by atoms with E-state index >= 15 is 0 Å². The summed E-state index contributed by atoms with van der Waals surface area (Å²) in [5.41, 5.74) is 1.39. The molecule has 1 heterocycles. The predicted octanol–water partition coefficient (Wildman–Crippen LogP) is 2.89. The van der Waals surface area contributed by atoms with Crippen LogP contribution in [0.1, 0.15) is 12.8 Å². The average Bonchev–Trinajstić information content (AvgIpc) is 2.56. The summed E-state index contributed by atoms with van der Waals surface area (Å²) in [5, 5.41) is 0. The molecular formula is C10H12IN. The van der Waals surface area contributed by atoms with Gasteiger partial charge in [0.1, 0.15) is 0 Å². The van der Waals surface area contributed by atoms with Gasteiger partial charge in [0.2, 0.25) is 0 Å². The van der Waals surface area contributed by atoms with E-state index in [1.807, 2.05) is 0 Å². The molecule has 1 aliphatic rings. The molecule has 0 unspecified atom stereocenters. The highest BCUT2D eigenvalue weighted by atomic mass is 127. The molecule has 2 heteroatoms. The number of nitrogens with zero attached hydrogens (tertiary/aromatic N) is 1. The molecule has 0 N–H and O–H groups in total. The first-order valence-electron chi connectivity index (χ1n) is 4.37. The van der Waals surface area contributed by atoms with Crippen LogP contribution in [0.5, 0.6) is 0 Å². The molecular weight excluding hydrogens is 261 g/mol. The zero-order valence-corrected chi connectivity index (χ0v) is 9.12. The molecule has 1 saturated heterocycles. The van der Waals surface area contributed by atoms with Crippen LogP contribution in [-0.4, -0.2) is 13.1 Å². The van der Waals surface area contributed by atoms with Gasteiger partial charge in [-0.1, -0.05) is 6.07 Å². The molecule has 0 aliphatic carbocycles. The fourth-order valence-corrected chi connectivity index (χ4v) is 2.17. The molecule has 0 amide bonds. The Bertz CT molecular complexity index is 266. The van der Waals surface area contributed by atoms with Crippen LogP contribution in [0.2, 0.25) is 0 Å². The van der Waals surface area contributed by atoms with Crippen molar-refractivity contribution in [1.29, 1.82) is 0 Å². The van der Waals surface area contributed by atoms with E-state index in [4.69, 9.17) is 0 Å². The zero-order chi connectivity index (χ0) is 8.39. The first-order chi connectivity index (χ1) is 5.86. The SMILES string of the molecule is Ic1cccc(N2CCCC2)c1. The van der Waals surface area contributed by atoms with Gasteiger partial charge in [0.25, 0.3) is 0 Å². The fraction of sp³-hybridized carbons (Fsp3) is 0.400. The maximum Gasteiger partial charge on any atom is 0.0376 e. The van der Waals surface area contributed by atoms with Crippen molar-refractivity contribution < 1.29 is 0 Å². The maximum absolute atomic E-state index is 2.46. The van der Waals surface area contributed by atoms with E-state index in [0.717, 1.165) is 0 Å². The van der Waals surface area contributed by atoms with Gasteiger partial charge in [0.15, 0.2) is 0 Å². The summed E-state index contributed by atoms with van der Waals surface area (Å²) in [6, 6.07) is 8.73. The Kier molecular flexibility index (Phi) is 2.54. The van der Waals surface area contributed by atoms with E-state index < -0.39 is 0 Å². The topological polar surface area (TPSA) is 3.24 Å². The Morgan fingerprint density at radius 1 is 1.17 bits per heavy atom. The second kappa shape index (κ2) is 3.64. The third-order valence-electron chi connectivity index (χ3n) is 2.28. The van der Waals surface area contributed by atoms with Crippen LogP contribution < -0.4 is 4.90 Å². The molecule has 0 saturated carbocycles. The van der Waals surface area contributed by atoms with Gasteiger partial charge in [-0.15, -0.1) is 0 Å². The van der Waals surface area contributed by atoms with Crippen LogP contribution in [-0.2, 0) is 0 Å². The predicted molar refractivity (Wildman–Crippen MR) is 60.6 cm³/mol. The highest BCUT2D eigenvalue weighted by molar-refractivity contribution is 14.1. The van der Waals surface area contributed by atoms with Gasteiger partial charge in [0, 0.05) is 22.3 Å². The van der Waals surface area contributed by atoms with Gasteiger partial charge in [-0.2, -0.15) is 0 Å². The molecule has 0 aromatic heterocycles. The van der Waals surface area contributed by atoms with Crippen molar-refractivity contribution in [2.24, 2.45) is 0 Å². The van der Waals surface area contributed by atoms with Gasteiger partial charge in [-0.3, -0.25) is 0 Å². The molecule has 1 fully saturated rings. The van der Waals surface area contributed by atoms with E-state index in [1.54, 1.807) is 0 Å². The lowest BCUT2D eigenvalue weighted by Crippen LogP contribution is -2.17. The largest absolute Gasteiger partial charge is 0.372 e. The van der Waals surface area contributed by atoms with Crippen molar-refractivity contribution in [2.75, 3.05) is 18.0 Å². The summed E-state index contributed by atoms with van der Waals surface area (Å²) < 4.78 is 1.33. The Morgan fingerprint density at radius 3 is 2.58 bits per heavy atom. The fourth-order valence-electron chi connectivity index (χ4n) is 1.65. The Hall–Kier alpha value is -0.250. The van der Waals surface area contributed by atoms with Gasteiger partial charge in [-0.05, 0) is 53.6 Å². The summed E-state index contributed by atoms with van der Waals surface area (Å²) in [7, 11) is 0. The van der Waals surface area contributed by atoms with E-state index in [9.17, 15) is 0 Å². The molecule has 2 rings (SSSR count). The summed E-state index contributed by atoms with van der Waals surface area (Å²) >= 11 is 2.37. The number of hydrogen-bond acceptors (Lipinski definition) is 1. The molecule has 1 aliphatic heterocycles. The van der Waals surface area contributed by atoms with Crippen LogP contribution in [0.25, 0.3) is 0 Å². The van der Waals surface area contributed by atoms with Crippen molar-refractivity contribution in [1.82, 2.24) is 0 Å².